The van der Waals surface area contributed by atoms with Crippen LogP contribution in [0, 0.1) is 0 Å². The van der Waals surface area contributed by atoms with Crippen LogP contribution in [0.15, 0.2) is 30.5 Å². The Labute approximate surface area is 82.6 Å². The summed E-state index contributed by atoms with van der Waals surface area (Å²) in [5.41, 5.74) is 1.48. The van der Waals surface area contributed by atoms with Crippen molar-refractivity contribution in [1.82, 2.24) is 4.90 Å². The zero-order valence-corrected chi connectivity index (χ0v) is 8.15. The molecule has 0 aliphatic carbocycles. The van der Waals surface area contributed by atoms with Crippen molar-refractivity contribution < 1.29 is 9.53 Å². The Hall–Kier alpha value is -1.77. The third kappa shape index (κ3) is 1.37. The molecule has 1 heterocycles. The number of fused-ring (bicyclic) bond motifs is 1. The van der Waals surface area contributed by atoms with Gasteiger partial charge in [0.05, 0.1) is 5.57 Å². The van der Waals surface area contributed by atoms with Gasteiger partial charge < -0.3 is 9.64 Å². The van der Waals surface area contributed by atoms with Crippen molar-refractivity contribution in [2.75, 3.05) is 14.1 Å². The summed E-state index contributed by atoms with van der Waals surface area (Å²) in [6.07, 6.45) is 1.77. The van der Waals surface area contributed by atoms with Crippen LogP contribution in [0.25, 0.3) is 5.57 Å². The molecule has 1 aliphatic rings. The van der Waals surface area contributed by atoms with E-state index in [4.69, 9.17) is 4.74 Å². The Balaban J connectivity index is 2.50. The lowest BCUT2D eigenvalue weighted by Gasteiger charge is -2.04. The lowest BCUT2D eigenvalue weighted by molar-refractivity contribution is -0.127. The summed E-state index contributed by atoms with van der Waals surface area (Å²) in [7, 11) is 3.75. The molecule has 3 nitrogen and oxygen atoms in total. The van der Waals surface area contributed by atoms with E-state index in [2.05, 4.69) is 0 Å². The standard InChI is InChI=1S/C11H11NO2/c1-12(2)7-9-8-5-3-4-6-10(8)14-11(9)13/h3-7H,1-2H3. The number of esters is 1. The second-order valence-corrected chi connectivity index (χ2v) is 3.39. The molecule has 0 saturated heterocycles. The summed E-state index contributed by atoms with van der Waals surface area (Å²) in [4.78, 5) is 13.3. The predicted molar refractivity (Wildman–Crippen MR) is 53.7 cm³/mol. The van der Waals surface area contributed by atoms with Crippen LogP contribution >= 0.6 is 0 Å². The summed E-state index contributed by atoms with van der Waals surface area (Å²) in [6, 6.07) is 7.42. The van der Waals surface area contributed by atoms with Gasteiger partial charge in [0.2, 0.25) is 0 Å². The molecule has 0 unspecified atom stereocenters. The maximum absolute atomic E-state index is 11.4. The van der Waals surface area contributed by atoms with Crippen LogP contribution in [-0.4, -0.2) is 25.0 Å². The fraction of sp³-hybridized carbons (Fsp3) is 0.182. The number of nitrogens with zero attached hydrogens (tertiary/aromatic N) is 1. The molecule has 0 N–H and O–H groups in total. The average molecular weight is 189 g/mol. The van der Waals surface area contributed by atoms with Crippen molar-refractivity contribution in [1.29, 1.82) is 0 Å². The van der Waals surface area contributed by atoms with Crippen molar-refractivity contribution >= 4 is 11.5 Å². The van der Waals surface area contributed by atoms with E-state index >= 15 is 0 Å². The van der Waals surface area contributed by atoms with Gasteiger partial charge in [-0.3, -0.25) is 0 Å². The summed E-state index contributed by atoms with van der Waals surface area (Å²) in [5.74, 6) is 0.366. The molecule has 0 fully saturated rings. The zero-order valence-electron chi connectivity index (χ0n) is 8.15. The van der Waals surface area contributed by atoms with E-state index in [9.17, 15) is 4.79 Å². The van der Waals surface area contributed by atoms with E-state index in [1.807, 2.05) is 37.2 Å². The molecule has 1 aromatic rings. The van der Waals surface area contributed by atoms with Gasteiger partial charge in [0.15, 0.2) is 0 Å². The highest BCUT2D eigenvalue weighted by Gasteiger charge is 2.26. The molecule has 72 valence electrons. The first-order chi connectivity index (χ1) is 6.68. The minimum atomic E-state index is -0.278. The van der Waals surface area contributed by atoms with Crippen molar-refractivity contribution in [3.63, 3.8) is 0 Å². The number of carbonyl (C=O) groups is 1. The Kier molecular flexibility index (Phi) is 2.00. The van der Waals surface area contributed by atoms with E-state index in [0.29, 0.717) is 11.3 Å². The first-order valence-corrected chi connectivity index (χ1v) is 4.38. The fourth-order valence-electron chi connectivity index (χ4n) is 1.42. The van der Waals surface area contributed by atoms with Crippen LogP contribution in [0.1, 0.15) is 5.56 Å². The molecule has 0 atom stereocenters. The third-order valence-electron chi connectivity index (χ3n) is 1.99. The van der Waals surface area contributed by atoms with E-state index in [1.165, 1.54) is 0 Å². The van der Waals surface area contributed by atoms with Crippen molar-refractivity contribution in [3.8, 4) is 5.75 Å². The van der Waals surface area contributed by atoms with Gasteiger partial charge in [-0.1, -0.05) is 18.2 Å². The minimum absolute atomic E-state index is 0.278. The van der Waals surface area contributed by atoms with E-state index < -0.39 is 0 Å². The van der Waals surface area contributed by atoms with E-state index in [1.54, 1.807) is 12.3 Å². The maximum Gasteiger partial charge on any atom is 0.345 e. The van der Waals surface area contributed by atoms with Crippen LogP contribution in [0.4, 0.5) is 0 Å². The fourth-order valence-corrected chi connectivity index (χ4v) is 1.42. The molecule has 0 radical (unpaired) electrons. The lowest BCUT2D eigenvalue weighted by Crippen LogP contribution is -2.07. The molecule has 14 heavy (non-hydrogen) atoms. The second kappa shape index (κ2) is 3.18. The molecular weight excluding hydrogens is 178 g/mol. The van der Waals surface area contributed by atoms with E-state index in [-0.39, 0.29) is 5.97 Å². The Bertz CT molecular complexity index is 408. The maximum atomic E-state index is 11.4. The number of hydrogen-bond acceptors (Lipinski definition) is 3. The molecule has 3 heteroatoms. The molecule has 1 aliphatic heterocycles. The smallest absolute Gasteiger partial charge is 0.345 e. The number of rotatable bonds is 1. The summed E-state index contributed by atoms with van der Waals surface area (Å²) in [6.45, 7) is 0. The third-order valence-corrected chi connectivity index (χ3v) is 1.99. The van der Waals surface area contributed by atoms with E-state index in [0.717, 1.165) is 5.56 Å². The van der Waals surface area contributed by atoms with Gasteiger partial charge in [0, 0.05) is 25.9 Å². The minimum Gasteiger partial charge on any atom is -0.422 e. The molecule has 0 amide bonds. The van der Waals surface area contributed by atoms with Crippen LogP contribution in [0.3, 0.4) is 0 Å². The number of ether oxygens (including phenoxy) is 1. The molecule has 1 aromatic carbocycles. The Morgan fingerprint density at radius 2 is 2.00 bits per heavy atom. The van der Waals surface area contributed by atoms with Gasteiger partial charge >= 0.3 is 5.97 Å². The van der Waals surface area contributed by atoms with Gasteiger partial charge in [-0.2, -0.15) is 0 Å². The zero-order chi connectivity index (χ0) is 10.1. The highest BCUT2D eigenvalue weighted by Crippen LogP contribution is 2.33. The van der Waals surface area contributed by atoms with Gasteiger partial charge in [-0.15, -0.1) is 0 Å². The lowest BCUT2D eigenvalue weighted by atomic mass is 10.1. The first-order valence-electron chi connectivity index (χ1n) is 4.38. The summed E-state index contributed by atoms with van der Waals surface area (Å²) in [5, 5.41) is 0. The first kappa shape index (κ1) is 8.81. The van der Waals surface area contributed by atoms with Gasteiger partial charge in [-0.05, 0) is 6.07 Å². The van der Waals surface area contributed by atoms with Gasteiger partial charge in [-0.25, -0.2) is 4.79 Å². The monoisotopic (exact) mass is 189 g/mol. The largest absolute Gasteiger partial charge is 0.422 e. The summed E-state index contributed by atoms with van der Waals surface area (Å²) >= 11 is 0. The Morgan fingerprint density at radius 1 is 1.29 bits per heavy atom. The number of carbonyl (C=O) groups excluding carboxylic acids is 1. The Morgan fingerprint density at radius 3 is 2.71 bits per heavy atom. The molecule has 0 saturated carbocycles. The van der Waals surface area contributed by atoms with Crippen LogP contribution < -0.4 is 4.74 Å². The molecule has 2 rings (SSSR count). The molecular formula is C11H11NO2. The van der Waals surface area contributed by atoms with Crippen LogP contribution in [0.5, 0.6) is 5.75 Å². The van der Waals surface area contributed by atoms with Crippen LogP contribution in [0.2, 0.25) is 0 Å². The predicted octanol–water partition coefficient (Wildman–Crippen LogP) is 1.51. The van der Waals surface area contributed by atoms with Crippen molar-refractivity contribution in [2.45, 2.75) is 0 Å². The number of para-hydroxylation sites is 1. The number of hydrogen-bond donors (Lipinski definition) is 0. The van der Waals surface area contributed by atoms with Crippen molar-refractivity contribution in [3.05, 3.63) is 36.0 Å². The number of benzene rings is 1. The van der Waals surface area contributed by atoms with Crippen molar-refractivity contribution in [2.24, 2.45) is 0 Å². The SMILES string of the molecule is CN(C)C=C1C(=O)Oc2ccccc21. The quantitative estimate of drug-likeness (QED) is 0.381. The average Bonchev–Trinajstić information content (AvgIpc) is 2.43. The second-order valence-electron chi connectivity index (χ2n) is 3.39. The van der Waals surface area contributed by atoms with Gasteiger partial charge in [0.1, 0.15) is 5.75 Å². The molecule has 0 aromatic heterocycles. The topological polar surface area (TPSA) is 29.5 Å². The highest BCUT2D eigenvalue weighted by atomic mass is 16.5. The normalized spacial score (nSPS) is 16.7. The summed E-state index contributed by atoms with van der Waals surface area (Å²) < 4.78 is 5.09. The molecule has 0 bridgehead atoms. The van der Waals surface area contributed by atoms with Crippen LogP contribution in [-0.2, 0) is 4.79 Å². The highest BCUT2D eigenvalue weighted by molar-refractivity contribution is 6.21. The van der Waals surface area contributed by atoms with Gasteiger partial charge in [0.25, 0.3) is 0 Å². The molecule has 0 spiro atoms.